The van der Waals surface area contributed by atoms with Crippen LogP contribution in [0.2, 0.25) is 5.02 Å². The van der Waals surface area contributed by atoms with Crippen molar-refractivity contribution in [2.75, 3.05) is 19.6 Å². The number of alkyl halides is 3. The summed E-state index contributed by atoms with van der Waals surface area (Å²) in [4.78, 5) is 36.7. The molecule has 11 heteroatoms. The number of nitrogens with one attached hydrogen (secondary N) is 1. The molecule has 138 valence electrons. The highest BCUT2D eigenvalue weighted by Crippen LogP contribution is 2.34. The molecule has 0 spiro atoms. The third-order valence-electron chi connectivity index (χ3n) is 3.90. The fraction of sp³-hybridized carbons (Fsp3) is 0.333. The van der Waals surface area contributed by atoms with E-state index >= 15 is 0 Å². The van der Waals surface area contributed by atoms with E-state index in [1.165, 1.54) is 0 Å². The molecule has 1 aliphatic heterocycles. The molecular weight excluding hydrogens is 377 g/mol. The van der Waals surface area contributed by atoms with Crippen molar-refractivity contribution in [3.8, 4) is 0 Å². The van der Waals surface area contributed by atoms with Gasteiger partial charge < -0.3 is 10.2 Å². The Bertz CT molecular complexity index is 938. The normalized spacial score (nSPS) is 15.3. The maximum atomic E-state index is 13.3. The number of halogens is 4. The number of carbonyl (C=O) groups excluding carboxylic acids is 3. The molecule has 1 aliphatic rings. The van der Waals surface area contributed by atoms with Gasteiger partial charge in [-0.2, -0.15) is 18.3 Å². The van der Waals surface area contributed by atoms with E-state index in [0.717, 1.165) is 17.9 Å². The van der Waals surface area contributed by atoms with Crippen molar-refractivity contribution in [2.24, 2.45) is 0 Å². The van der Waals surface area contributed by atoms with E-state index in [-0.39, 0.29) is 41.6 Å². The summed E-state index contributed by atoms with van der Waals surface area (Å²) < 4.78 is 40.5. The van der Waals surface area contributed by atoms with Crippen molar-refractivity contribution >= 4 is 34.7 Å². The van der Waals surface area contributed by atoms with Gasteiger partial charge in [0.1, 0.15) is 5.69 Å². The second-order valence-corrected chi connectivity index (χ2v) is 6.10. The minimum absolute atomic E-state index is 0.180. The topological polar surface area (TPSA) is 83.8 Å². The first-order valence-corrected chi connectivity index (χ1v) is 7.83. The predicted octanol–water partition coefficient (Wildman–Crippen LogP) is 1.78. The number of hydrogen-bond acceptors (Lipinski definition) is 4. The number of hydrogen-bond donors (Lipinski definition) is 1. The largest absolute Gasteiger partial charge is 0.433 e. The van der Waals surface area contributed by atoms with Gasteiger partial charge in [0.25, 0.3) is 5.91 Å². The molecule has 0 unspecified atom stereocenters. The highest BCUT2D eigenvalue weighted by molar-refractivity contribution is 6.37. The predicted molar refractivity (Wildman–Crippen MR) is 84.1 cm³/mol. The molecule has 1 saturated heterocycles. The molecule has 1 fully saturated rings. The first kappa shape index (κ1) is 18.2. The van der Waals surface area contributed by atoms with E-state index in [1.54, 1.807) is 0 Å². The molecule has 7 nitrogen and oxygen atoms in total. The Hall–Kier alpha value is -2.62. The van der Waals surface area contributed by atoms with Crippen LogP contribution in [0, 0.1) is 0 Å². The second-order valence-electron chi connectivity index (χ2n) is 5.72. The van der Waals surface area contributed by atoms with E-state index in [1.807, 2.05) is 0 Å². The highest BCUT2D eigenvalue weighted by Gasteiger charge is 2.37. The number of fused-ring (bicyclic) bond motifs is 1. The average molecular weight is 389 g/mol. The van der Waals surface area contributed by atoms with E-state index in [0.29, 0.717) is 10.6 Å². The van der Waals surface area contributed by atoms with Gasteiger partial charge in [-0.05, 0) is 19.1 Å². The van der Waals surface area contributed by atoms with Gasteiger partial charge in [-0.1, -0.05) is 11.6 Å². The lowest BCUT2D eigenvalue weighted by atomic mass is 10.1. The van der Waals surface area contributed by atoms with Crippen molar-refractivity contribution in [2.45, 2.75) is 13.1 Å². The standard InChI is InChI=1S/C15H12ClF3N4O3/c1-7(24)8-4-9-12(16)13(14(26)22-3-2-20-11(25)6-22)21-23(9)10(5-8)15(17,18)19/h4-5H,2-3,6H2,1H3,(H,20,25). The SMILES string of the molecule is CC(=O)c1cc(C(F)(F)F)n2nc(C(=O)N3CCNC(=O)C3)c(Cl)c2c1. The number of ketones is 1. The van der Waals surface area contributed by atoms with Crippen LogP contribution in [0.15, 0.2) is 12.1 Å². The summed E-state index contributed by atoms with van der Waals surface area (Å²) in [6.07, 6.45) is -4.82. The molecule has 0 aliphatic carbocycles. The quantitative estimate of drug-likeness (QED) is 0.795. The lowest BCUT2D eigenvalue weighted by Gasteiger charge is -2.25. The number of piperazine rings is 1. The minimum Gasteiger partial charge on any atom is -0.353 e. The molecule has 2 aromatic heterocycles. The number of nitrogens with zero attached hydrogens (tertiary/aromatic N) is 3. The first-order chi connectivity index (χ1) is 12.1. The van der Waals surface area contributed by atoms with E-state index < -0.39 is 29.3 Å². The van der Waals surface area contributed by atoms with E-state index in [2.05, 4.69) is 10.4 Å². The number of pyridine rings is 1. The van der Waals surface area contributed by atoms with Crippen LogP contribution >= 0.6 is 11.6 Å². The Morgan fingerprint density at radius 1 is 1.31 bits per heavy atom. The molecule has 0 atom stereocenters. The molecule has 1 N–H and O–H groups in total. The van der Waals surface area contributed by atoms with Gasteiger partial charge in [0.05, 0.1) is 17.1 Å². The molecule has 2 amide bonds. The third-order valence-corrected chi connectivity index (χ3v) is 4.27. The third kappa shape index (κ3) is 3.12. The fourth-order valence-corrected chi connectivity index (χ4v) is 2.87. The summed E-state index contributed by atoms with van der Waals surface area (Å²) in [5.74, 6) is -1.73. The monoisotopic (exact) mass is 388 g/mol. The summed E-state index contributed by atoms with van der Waals surface area (Å²) >= 11 is 6.10. The van der Waals surface area contributed by atoms with Gasteiger partial charge >= 0.3 is 6.18 Å². The van der Waals surface area contributed by atoms with Crippen LogP contribution in [0.5, 0.6) is 0 Å². The van der Waals surface area contributed by atoms with Crippen LogP contribution in [-0.4, -0.2) is 51.7 Å². The summed E-state index contributed by atoms with van der Waals surface area (Å²) in [7, 11) is 0. The van der Waals surface area contributed by atoms with Crippen molar-refractivity contribution < 1.29 is 27.6 Å². The molecule has 0 aromatic carbocycles. The first-order valence-electron chi connectivity index (χ1n) is 7.46. The van der Waals surface area contributed by atoms with Gasteiger partial charge in [0.15, 0.2) is 11.5 Å². The Morgan fingerprint density at radius 3 is 2.58 bits per heavy atom. The van der Waals surface area contributed by atoms with Crippen molar-refractivity contribution in [3.05, 3.63) is 34.1 Å². The molecule has 0 radical (unpaired) electrons. The summed E-state index contributed by atoms with van der Waals surface area (Å²) in [6, 6.07) is 1.80. The van der Waals surface area contributed by atoms with Crippen molar-refractivity contribution in [1.29, 1.82) is 0 Å². The average Bonchev–Trinajstić information content (AvgIpc) is 2.89. The zero-order chi connectivity index (χ0) is 19.2. The molecule has 0 bridgehead atoms. The number of rotatable bonds is 2. The van der Waals surface area contributed by atoms with Crippen molar-refractivity contribution in [1.82, 2.24) is 19.8 Å². The lowest BCUT2D eigenvalue weighted by molar-refractivity contribution is -0.142. The molecule has 2 aromatic rings. The fourth-order valence-electron chi connectivity index (χ4n) is 2.62. The zero-order valence-electron chi connectivity index (χ0n) is 13.4. The van der Waals surface area contributed by atoms with Crippen LogP contribution in [-0.2, 0) is 11.0 Å². The molecule has 3 rings (SSSR count). The van der Waals surface area contributed by atoms with Crippen LogP contribution < -0.4 is 5.32 Å². The van der Waals surface area contributed by atoms with E-state index in [9.17, 15) is 27.6 Å². The Balaban J connectivity index is 2.16. The second kappa shape index (κ2) is 6.27. The Kier molecular flexibility index (Phi) is 4.39. The summed E-state index contributed by atoms with van der Waals surface area (Å²) in [5.41, 5.74) is -2.05. The van der Waals surface area contributed by atoms with Gasteiger partial charge in [-0.25, -0.2) is 4.52 Å². The van der Waals surface area contributed by atoms with Gasteiger partial charge in [0.2, 0.25) is 5.91 Å². The molecule has 0 saturated carbocycles. The van der Waals surface area contributed by atoms with Crippen LogP contribution in [0.25, 0.3) is 5.52 Å². The molecular formula is C15H12ClF3N4O3. The number of Topliss-reactive ketones (excluding diaryl/α,β-unsaturated/α-hetero) is 1. The Labute approximate surface area is 149 Å². The highest BCUT2D eigenvalue weighted by atomic mass is 35.5. The van der Waals surface area contributed by atoms with Gasteiger partial charge in [-0.15, -0.1) is 0 Å². The van der Waals surface area contributed by atoms with Crippen LogP contribution in [0.4, 0.5) is 13.2 Å². The van der Waals surface area contributed by atoms with Crippen LogP contribution in [0.3, 0.4) is 0 Å². The van der Waals surface area contributed by atoms with Gasteiger partial charge in [0, 0.05) is 18.7 Å². The number of amides is 2. The number of carbonyl (C=O) groups is 3. The van der Waals surface area contributed by atoms with E-state index in [4.69, 9.17) is 11.6 Å². The van der Waals surface area contributed by atoms with Gasteiger partial charge in [-0.3, -0.25) is 14.4 Å². The van der Waals surface area contributed by atoms with Crippen LogP contribution in [0.1, 0.15) is 33.5 Å². The maximum absolute atomic E-state index is 13.3. The zero-order valence-corrected chi connectivity index (χ0v) is 14.1. The molecule has 3 heterocycles. The smallest absolute Gasteiger partial charge is 0.353 e. The summed E-state index contributed by atoms with van der Waals surface area (Å²) in [6.45, 7) is 1.28. The minimum atomic E-state index is -4.82. The Morgan fingerprint density at radius 2 is 2.00 bits per heavy atom. The van der Waals surface area contributed by atoms with Crippen molar-refractivity contribution in [3.63, 3.8) is 0 Å². The maximum Gasteiger partial charge on any atom is 0.433 e. The molecule has 26 heavy (non-hydrogen) atoms. The number of aromatic nitrogens is 2. The summed E-state index contributed by atoms with van der Waals surface area (Å²) in [5, 5.41) is 5.93. The lowest BCUT2D eigenvalue weighted by Crippen LogP contribution is -2.50.